The van der Waals surface area contributed by atoms with Crippen molar-refractivity contribution in [3.63, 3.8) is 0 Å². The number of benzene rings is 1. The summed E-state index contributed by atoms with van der Waals surface area (Å²) in [5.74, 6) is 1.86. The van der Waals surface area contributed by atoms with E-state index < -0.39 is 18.6 Å². The summed E-state index contributed by atoms with van der Waals surface area (Å²) < 4.78 is 11.9. The van der Waals surface area contributed by atoms with Crippen LogP contribution >= 0.6 is 0 Å². The first-order chi connectivity index (χ1) is 17.3. The maximum absolute atomic E-state index is 11.2. The summed E-state index contributed by atoms with van der Waals surface area (Å²) in [6.07, 6.45) is 1.54. The predicted molar refractivity (Wildman–Crippen MR) is 137 cm³/mol. The van der Waals surface area contributed by atoms with E-state index in [0.29, 0.717) is 24.0 Å². The number of aliphatic hydroxyl groups excluding tert-OH is 2. The third-order valence-corrected chi connectivity index (χ3v) is 5.86. The number of nitrogens with one attached hydrogen (secondary N) is 1. The predicted octanol–water partition coefficient (Wildman–Crippen LogP) is 2.67. The lowest BCUT2D eigenvalue weighted by molar-refractivity contribution is -0.124. The lowest BCUT2D eigenvalue weighted by atomic mass is 10.0. The molecule has 0 radical (unpaired) electrons. The SMILES string of the molecule is CCc1cc(-c2nnc(-c3cnc(N(CC)CC)c(C)c3)o2)cc(C)c1OC[C@@H](O)CNC(=O)CO. The molecule has 3 rings (SSSR count). The van der Waals surface area contributed by atoms with E-state index in [1.54, 1.807) is 6.20 Å². The van der Waals surface area contributed by atoms with Gasteiger partial charge in [-0.25, -0.2) is 4.98 Å². The molecule has 10 heteroatoms. The number of aliphatic hydroxyl groups is 2. The van der Waals surface area contributed by atoms with Crippen molar-refractivity contribution >= 4 is 11.7 Å². The Morgan fingerprint density at radius 1 is 1.08 bits per heavy atom. The van der Waals surface area contributed by atoms with Crippen LogP contribution < -0.4 is 15.0 Å². The van der Waals surface area contributed by atoms with Crippen molar-refractivity contribution in [2.45, 2.75) is 47.1 Å². The third kappa shape index (κ3) is 6.38. The highest BCUT2D eigenvalue weighted by Gasteiger charge is 2.17. The van der Waals surface area contributed by atoms with E-state index in [1.165, 1.54) is 0 Å². The molecule has 0 aliphatic carbocycles. The van der Waals surface area contributed by atoms with E-state index in [0.717, 1.165) is 46.7 Å². The van der Waals surface area contributed by atoms with Crippen molar-refractivity contribution in [1.29, 1.82) is 0 Å². The molecule has 3 N–H and O–H groups in total. The van der Waals surface area contributed by atoms with Gasteiger partial charge < -0.3 is 29.6 Å². The molecule has 36 heavy (non-hydrogen) atoms. The third-order valence-electron chi connectivity index (χ3n) is 5.86. The molecule has 2 aromatic heterocycles. The number of carbonyl (C=O) groups is 1. The number of ether oxygens (including phenoxy) is 1. The van der Waals surface area contributed by atoms with Gasteiger partial charge in [-0.15, -0.1) is 10.2 Å². The van der Waals surface area contributed by atoms with Crippen LogP contribution in [0.1, 0.15) is 37.5 Å². The molecule has 0 fully saturated rings. The number of hydrogen-bond acceptors (Lipinski definition) is 9. The van der Waals surface area contributed by atoms with Crippen LogP contribution in [0.5, 0.6) is 5.75 Å². The molecule has 0 aliphatic heterocycles. The van der Waals surface area contributed by atoms with E-state index in [4.69, 9.17) is 14.3 Å². The molecule has 2 heterocycles. The van der Waals surface area contributed by atoms with Crippen LogP contribution in [0, 0.1) is 13.8 Å². The van der Waals surface area contributed by atoms with Gasteiger partial charge in [-0.05, 0) is 69.0 Å². The number of carbonyl (C=O) groups excluding carboxylic acids is 1. The van der Waals surface area contributed by atoms with Crippen molar-refractivity contribution in [1.82, 2.24) is 20.5 Å². The normalized spacial score (nSPS) is 11.9. The number of anilines is 1. The van der Waals surface area contributed by atoms with E-state index in [2.05, 4.69) is 39.2 Å². The van der Waals surface area contributed by atoms with Crippen LogP contribution in [0.25, 0.3) is 22.9 Å². The number of hydrogen-bond donors (Lipinski definition) is 3. The Hall–Kier alpha value is -3.50. The molecular formula is C26H35N5O5. The lowest BCUT2D eigenvalue weighted by Crippen LogP contribution is -2.36. The Morgan fingerprint density at radius 2 is 1.75 bits per heavy atom. The Balaban J connectivity index is 1.78. The highest BCUT2D eigenvalue weighted by Crippen LogP contribution is 2.32. The Labute approximate surface area is 211 Å². The maximum Gasteiger partial charge on any atom is 0.249 e. The molecular weight excluding hydrogens is 462 g/mol. The first-order valence-electron chi connectivity index (χ1n) is 12.2. The fourth-order valence-corrected chi connectivity index (χ4v) is 3.96. The van der Waals surface area contributed by atoms with Crippen molar-refractivity contribution < 1.29 is 24.2 Å². The molecule has 1 aromatic carbocycles. The summed E-state index contributed by atoms with van der Waals surface area (Å²) in [6.45, 7) is 11.3. The summed E-state index contributed by atoms with van der Waals surface area (Å²) in [5.41, 5.74) is 4.36. The monoisotopic (exact) mass is 497 g/mol. The topological polar surface area (TPSA) is 134 Å². The Kier molecular flexibility index (Phi) is 9.38. The van der Waals surface area contributed by atoms with Crippen LogP contribution in [-0.2, 0) is 11.2 Å². The van der Waals surface area contributed by atoms with Crippen molar-refractivity contribution in [2.75, 3.05) is 37.7 Å². The molecule has 0 aliphatic rings. The number of rotatable bonds is 12. The van der Waals surface area contributed by atoms with Gasteiger partial charge in [0.15, 0.2) is 0 Å². The van der Waals surface area contributed by atoms with Gasteiger partial charge in [-0.1, -0.05) is 6.92 Å². The molecule has 194 valence electrons. The zero-order chi connectivity index (χ0) is 26.2. The molecule has 10 nitrogen and oxygen atoms in total. The first-order valence-corrected chi connectivity index (χ1v) is 12.2. The molecule has 3 aromatic rings. The van der Waals surface area contributed by atoms with E-state index in [9.17, 15) is 9.90 Å². The van der Waals surface area contributed by atoms with Crippen molar-refractivity contribution in [3.8, 4) is 28.7 Å². The van der Waals surface area contributed by atoms with E-state index in [1.807, 2.05) is 39.0 Å². The van der Waals surface area contributed by atoms with E-state index in [-0.39, 0.29) is 13.2 Å². The first kappa shape index (κ1) is 27.1. The highest BCUT2D eigenvalue weighted by molar-refractivity contribution is 5.76. The number of nitrogens with zero attached hydrogens (tertiary/aromatic N) is 4. The Morgan fingerprint density at radius 3 is 2.36 bits per heavy atom. The molecule has 0 bridgehead atoms. The van der Waals surface area contributed by atoms with Gasteiger partial charge in [0, 0.05) is 31.4 Å². The van der Waals surface area contributed by atoms with Gasteiger partial charge in [0.1, 0.15) is 30.9 Å². The van der Waals surface area contributed by atoms with Gasteiger partial charge in [-0.3, -0.25) is 4.79 Å². The second-order valence-corrected chi connectivity index (χ2v) is 8.51. The van der Waals surface area contributed by atoms with Crippen molar-refractivity contribution in [2.24, 2.45) is 0 Å². The molecule has 1 amide bonds. The second kappa shape index (κ2) is 12.5. The summed E-state index contributed by atoms with van der Waals surface area (Å²) in [4.78, 5) is 18.0. The zero-order valence-corrected chi connectivity index (χ0v) is 21.5. The van der Waals surface area contributed by atoms with Crippen LogP contribution in [-0.4, -0.2) is 70.3 Å². The highest BCUT2D eigenvalue weighted by atomic mass is 16.5. The van der Waals surface area contributed by atoms with Gasteiger partial charge in [0.25, 0.3) is 0 Å². The van der Waals surface area contributed by atoms with Gasteiger partial charge >= 0.3 is 0 Å². The van der Waals surface area contributed by atoms with Gasteiger partial charge in [0.05, 0.1) is 5.56 Å². The average molecular weight is 498 g/mol. The molecule has 0 spiro atoms. The fourth-order valence-electron chi connectivity index (χ4n) is 3.96. The number of aryl methyl sites for hydroxylation is 3. The van der Waals surface area contributed by atoms with Gasteiger partial charge in [-0.2, -0.15) is 0 Å². The summed E-state index contributed by atoms with van der Waals surface area (Å²) >= 11 is 0. The quantitative estimate of drug-likeness (QED) is 0.345. The average Bonchev–Trinajstić information content (AvgIpc) is 3.38. The molecule has 1 atom stereocenters. The maximum atomic E-state index is 11.2. The minimum absolute atomic E-state index is 0.000557. The van der Waals surface area contributed by atoms with Crippen LogP contribution in [0.4, 0.5) is 5.82 Å². The summed E-state index contributed by atoms with van der Waals surface area (Å²) in [7, 11) is 0. The summed E-state index contributed by atoms with van der Waals surface area (Å²) in [6, 6.07) is 5.84. The molecule has 0 saturated heterocycles. The molecule has 0 saturated carbocycles. The van der Waals surface area contributed by atoms with E-state index >= 15 is 0 Å². The number of amides is 1. The van der Waals surface area contributed by atoms with Crippen LogP contribution in [0.15, 0.2) is 28.8 Å². The fraction of sp³-hybridized carbons (Fsp3) is 0.462. The number of pyridine rings is 1. The van der Waals surface area contributed by atoms with Crippen LogP contribution in [0.2, 0.25) is 0 Å². The van der Waals surface area contributed by atoms with Gasteiger partial charge in [0.2, 0.25) is 17.7 Å². The zero-order valence-electron chi connectivity index (χ0n) is 21.5. The molecule has 0 unspecified atom stereocenters. The minimum atomic E-state index is -0.909. The van der Waals surface area contributed by atoms with Crippen LogP contribution in [0.3, 0.4) is 0 Å². The largest absolute Gasteiger partial charge is 0.490 e. The number of aromatic nitrogens is 3. The Bertz CT molecular complexity index is 1180. The van der Waals surface area contributed by atoms with Crippen molar-refractivity contribution in [3.05, 3.63) is 41.1 Å². The summed E-state index contributed by atoms with van der Waals surface area (Å²) in [5, 5.41) is 29.8. The minimum Gasteiger partial charge on any atom is -0.490 e. The second-order valence-electron chi connectivity index (χ2n) is 8.51. The lowest BCUT2D eigenvalue weighted by Gasteiger charge is -2.21. The standard InChI is InChI=1S/C26H35N5O5/c1-6-18-11-19(9-16(4)23(18)35-15-21(33)13-27-22(34)14-32)25-29-30-26(36-25)20-10-17(5)24(28-12-20)31(7-2)8-3/h9-12,21,32-33H,6-8,13-15H2,1-5H3,(H,27,34)/t21-/m0/s1. The smallest absolute Gasteiger partial charge is 0.249 e.